The lowest BCUT2D eigenvalue weighted by atomic mass is 10.2. The van der Waals surface area contributed by atoms with E-state index in [0.29, 0.717) is 0 Å². The minimum atomic E-state index is 0. The lowest BCUT2D eigenvalue weighted by Gasteiger charge is -2.11. The van der Waals surface area contributed by atoms with E-state index in [1.807, 2.05) is 12.1 Å². The molecular weight excluding hydrogens is 290 g/mol. The Morgan fingerprint density at radius 3 is 2.30 bits per heavy atom. The molecule has 0 radical (unpaired) electrons. The summed E-state index contributed by atoms with van der Waals surface area (Å²) in [4.78, 5) is 4.63. The molecule has 0 fully saturated rings. The predicted molar refractivity (Wildman–Crippen MR) is 88.2 cm³/mol. The first-order valence-electron chi connectivity index (χ1n) is 6.23. The zero-order valence-electron chi connectivity index (χ0n) is 12.0. The Hall–Kier alpha value is -1.16. The average molecular weight is 310 g/mol. The van der Waals surface area contributed by atoms with Gasteiger partial charge in [0.05, 0.1) is 7.11 Å². The summed E-state index contributed by atoms with van der Waals surface area (Å²) >= 11 is 1.76. The van der Waals surface area contributed by atoms with Gasteiger partial charge in [-0.15, -0.1) is 12.4 Å². The van der Waals surface area contributed by atoms with E-state index in [-0.39, 0.29) is 12.4 Å². The van der Waals surface area contributed by atoms with Gasteiger partial charge in [0.15, 0.2) is 0 Å². The van der Waals surface area contributed by atoms with Crippen LogP contribution in [0.1, 0.15) is 5.56 Å². The van der Waals surface area contributed by atoms with Crippen LogP contribution in [-0.4, -0.2) is 26.1 Å². The van der Waals surface area contributed by atoms with Crippen LogP contribution in [0.15, 0.2) is 58.3 Å². The average Bonchev–Trinajstić information content (AvgIpc) is 2.38. The van der Waals surface area contributed by atoms with Crippen LogP contribution in [0.25, 0.3) is 0 Å². The molecule has 0 heterocycles. The Balaban J connectivity index is 0.00000200. The summed E-state index contributed by atoms with van der Waals surface area (Å²) in [5.41, 5.74) is 1.33. The molecule has 20 heavy (non-hydrogen) atoms. The molecule has 108 valence electrons. The van der Waals surface area contributed by atoms with Crippen molar-refractivity contribution in [1.82, 2.24) is 4.90 Å². The summed E-state index contributed by atoms with van der Waals surface area (Å²) in [7, 11) is 5.87. The Morgan fingerprint density at radius 1 is 1.00 bits per heavy atom. The molecule has 0 spiro atoms. The second-order valence-electron chi connectivity index (χ2n) is 4.67. The number of hydrogen-bond acceptors (Lipinski definition) is 3. The van der Waals surface area contributed by atoms with Gasteiger partial charge in [0, 0.05) is 16.3 Å². The lowest BCUT2D eigenvalue weighted by Crippen LogP contribution is -2.10. The van der Waals surface area contributed by atoms with Crippen LogP contribution in [0.3, 0.4) is 0 Å². The van der Waals surface area contributed by atoms with Crippen molar-refractivity contribution in [3.8, 4) is 5.75 Å². The van der Waals surface area contributed by atoms with E-state index in [9.17, 15) is 0 Å². The molecule has 0 unspecified atom stereocenters. The van der Waals surface area contributed by atoms with Crippen molar-refractivity contribution < 1.29 is 4.74 Å². The Kier molecular flexibility index (Phi) is 6.93. The van der Waals surface area contributed by atoms with Gasteiger partial charge in [0.2, 0.25) is 0 Å². The van der Waals surface area contributed by atoms with E-state index in [1.54, 1.807) is 18.9 Å². The highest BCUT2D eigenvalue weighted by molar-refractivity contribution is 7.99. The first kappa shape index (κ1) is 16.9. The van der Waals surface area contributed by atoms with Crippen LogP contribution >= 0.6 is 24.2 Å². The van der Waals surface area contributed by atoms with Crippen molar-refractivity contribution in [2.45, 2.75) is 16.3 Å². The minimum absolute atomic E-state index is 0. The number of ether oxygens (including phenoxy) is 1. The fourth-order valence-electron chi connectivity index (χ4n) is 1.87. The molecule has 0 aliphatic rings. The number of benzene rings is 2. The van der Waals surface area contributed by atoms with Gasteiger partial charge >= 0.3 is 0 Å². The number of halogens is 1. The smallest absolute Gasteiger partial charge is 0.119 e. The van der Waals surface area contributed by atoms with E-state index in [2.05, 4.69) is 55.4 Å². The second-order valence-corrected chi connectivity index (χ2v) is 5.81. The van der Waals surface area contributed by atoms with Crippen LogP contribution in [0.5, 0.6) is 5.75 Å². The van der Waals surface area contributed by atoms with Gasteiger partial charge in [0.1, 0.15) is 5.75 Å². The fraction of sp³-hybridized carbons (Fsp3) is 0.250. The highest BCUT2D eigenvalue weighted by Crippen LogP contribution is 2.30. The molecule has 0 atom stereocenters. The molecule has 2 nitrogen and oxygen atoms in total. The van der Waals surface area contributed by atoms with Crippen LogP contribution in [0.2, 0.25) is 0 Å². The van der Waals surface area contributed by atoms with Gasteiger partial charge in [-0.3, -0.25) is 0 Å². The van der Waals surface area contributed by atoms with Crippen molar-refractivity contribution in [3.63, 3.8) is 0 Å². The standard InChI is InChI=1S/C16H19NOS.ClH/c1-17(2)12-13-6-4-8-15(10-13)19-16-9-5-7-14(11-16)18-3;/h4-11H,12H2,1-3H3;1H. The summed E-state index contributed by atoms with van der Waals surface area (Å²) in [5, 5.41) is 0. The van der Waals surface area contributed by atoms with Crippen molar-refractivity contribution >= 4 is 24.2 Å². The van der Waals surface area contributed by atoms with Crippen LogP contribution in [0, 0.1) is 0 Å². The molecule has 0 bridgehead atoms. The molecule has 0 saturated heterocycles. The predicted octanol–water partition coefficient (Wildman–Crippen LogP) is 4.33. The van der Waals surface area contributed by atoms with Gasteiger partial charge < -0.3 is 9.64 Å². The number of rotatable bonds is 5. The van der Waals surface area contributed by atoms with Gasteiger partial charge in [-0.25, -0.2) is 0 Å². The molecule has 2 rings (SSSR count). The molecule has 2 aromatic rings. The first-order valence-corrected chi connectivity index (χ1v) is 7.04. The third-order valence-corrected chi connectivity index (χ3v) is 3.65. The monoisotopic (exact) mass is 309 g/mol. The van der Waals surface area contributed by atoms with Crippen LogP contribution in [0.4, 0.5) is 0 Å². The van der Waals surface area contributed by atoms with Crippen LogP contribution < -0.4 is 4.74 Å². The summed E-state index contributed by atoms with van der Waals surface area (Å²) < 4.78 is 5.25. The zero-order chi connectivity index (χ0) is 13.7. The quantitative estimate of drug-likeness (QED) is 0.815. The molecule has 0 aliphatic heterocycles. The van der Waals surface area contributed by atoms with E-state index in [4.69, 9.17) is 4.74 Å². The van der Waals surface area contributed by atoms with E-state index in [1.165, 1.54) is 15.4 Å². The molecule has 0 N–H and O–H groups in total. The summed E-state index contributed by atoms with van der Waals surface area (Å²) in [6.07, 6.45) is 0. The molecule has 0 aliphatic carbocycles. The molecule has 0 aromatic heterocycles. The Bertz CT molecular complexity index is 546. The van der Waals surface area contributed by atoms with E-state index < -0.39 is 0 Å². The topological polar surface area (TPSA) is 12.5 Å². The zero-order valence-corrected chi connectivity index (χ0v) is 13.6. The third-order valence-electron chi connectivity index (χ3n) is 2.67. The molecule has 2 aromatic carbocycles. The third kappa shape index (κ3) is 5.08. The van der Waals surface area contributed by atoms with Crippen molar-refractivity contribution in [2.75, 3.05) is 21.2 Å². The molecular formula is C16H20ClNOS. The van der Waals surface area contributed by atoms with Crippen LogP contribution in [-0.2, 0) is 6.54 Å². The van der Waals surface area contributed by atoms with E-state index >= 15 is 0 Å². The lowest BCUT2D eigenvalue weighted by molar-refractivity contribution is 0.402. The van der Waals surface area contributed by atoms with Crippen molar-refractivity contribution in [3.05, 3.63) is 54.1 Å². The summed E-state index contributed by atoms with van der Waals surface area (Å²) in [6, 6.07) is 16.8. The first-order chi connectivity index (χ1) is 9.17. The van der Waals surface area contributed by atoms with Gasteiger partial charge in [0.25, 0.3) is 0 Å². The summed E-state index contributed by atoms with van der Waals surface area (Å²) in [6.45, 7) is 0.965. The maximum atomic E-state index is 5.25. The fourth-order valence-corrected chi connectivity index (χ4v) is 2.82. The SMILES string of the molecule is COc1cccc(Sc2cccc(CN(C)C)c2)c1.Cl. The number of methoxy groups -OCH3 is 1. The maximum Gasteiger partial charge on any atom is 0.119 e. The highest BCUT2D eigenvalue weighted by Gasteiger charge is 2.01. The molecule has 0 amide bonds. The number of hydrogen-bond donors (Lipinski definition) is 0. The van der Waals surface area contributed by atoms with Crippen molar-refractivity contribution in [1.29, 1.82) is 0 Å². The maximum absolute atomic E-state index is 5.25. The van der Waals surface area contributed by atoms with Gasteiger partial charge in [-0.2, -0.15) is 0 Å². The Morgan fingerprint density at radius 2 is 1.65 bits per heavy atom. The number of nitrogens with zero attached hydrogens (tertiary/aromatic N) is 1. The molecule has 4 heteroatoms. The van der Waals surface area contributed by atoms with Gasteiger partial charge in [-0.05, 0) is 50.0 Å². The summed E-state index contributed by atoms with van der Waals surface area (Å²) in [5.74, 6) is 0.898. The van der Waals surface area contributed by atoms with E-state index in [0.717, 1.165) is 12.3 Å². The highest BCUT2D eigenvalue weighted by atomic mass is 35.5. The largest absolute Gasteiger partial charge is 0.497 e. The van der Waals surface area contributed by atoms with Crippen molar-refractivity contribution in [2.24, 2.45) is 0 Å². The van der Waals surface area contributed by atoms with Gasteiger partial charge in [-0.1, -0.05) is 30.0 Å². The second kappa shape index (κ2) is 8.20. The molecule has 0 saturated carbocycles. The minimum Gasteiger partial charge on any atom is -0.497 e. The Labute approximate surface area is 131 Å². The normalized spacial score (nSPS) is 10.2.